The quantitative estimate of drug-likeness (QED) is 0.749. The fraction of sp³-hybridized carbons (Fsp3) is 0.400. The summed E-state index contributed by atoms with van der Waals surface area (Å²) in [6, 6.07) is 0. The molecule has 0 radical (unpaired) electrons. The Morgan fingerprint density at radius 1 is 1.73 bits per heavy atom. The number of rotatable bonds is 2. The molecular weight excluding hydrogens is 176 g/mol. The minimum absolute atomic E-state index is 0.0762. The second-order valence-electron chi connectivity index (χ2n) is 1.98. The molecule has 0 amide bonds. The number of aromatic nitrogens is 2. The van der Waals surface area contributed by atoms with Gasteiger partial charge < -0.3 is 5.73 Å². The number of halogens is 3. The third-order valence-corrected chi connectivity index (χ3v) is 1.36. The normalized spacial score (nSPS) is 10.9. The van der Waals surface area contributed by atoms with Crippen molar-refractivity contribution in [3.05, 3.63) is 11.2 Å². The lowest BCUT2D eigenvalue weighted by Crippen LogP contribution is -2.07. The van der Waals surface area contributed by atoms with Crippen LogP contribution >= 0.6 is 11.6 Å². The number of nitrogen functional groups attached to an aromatic ring is 1. The molecule has 0 atom stereocenters. The summed E-state index contributed by atoms with van der Waals surface area (Å²) >= 11 is 5.46. The predicted octanol–water partition coefficient (Wildman–Crippen LogP) is 1.38. The summed E-state index contributed by atoms with van der Waals surface area (Å²) in [5.41, 5.74) is 5.21. The van der Waals surface area contributed by atoms with Crippen molar-refractivity contribution in [2.75, 3.05) is 5.73 Å². The molecule has 0 spiro atoms. The Morgan fingerprint density at radius 3 is 2.73 bits per heavy atom. The first-order valence-corrected chi connectivity index (χ1v) is 3.24. The number of anilines is 1. The van der Waals surface area contributed by atoms with E-state index in [-0.39, 0.29) is 10.8 Å². The molecule has 0 aliphatic heterocycles. The van der Waals surface area contributed by atoms with E-state index in [1.807, 2.05) is 0 Å². The number of hydrogen-bond donors (Lipinski definition) is 1. The van der Waals surface area contributed by atoms with Gasteiger partial charge in [-0.25, -0.2) is 8.78 Å². The van der Waals surface area contributed by atoms with Crippen LogP contribution in [-0.2, 0) is 6.54 Å². The Balaban J connectivity index is 2.73. The van der Waals surface area contributed by atoms with Crippen LogP contribution in [0.1, 0.15) is 0 Å². The molecule has 3 nitrogen and oxygen atoms in total. The molecule has 2 N–H and O–H groups in total. The number of nitrogens with zero attached hydrogens (tertiary/aromatic N) is 2. The highest BCUT2D eigenvalue weighted by Crippen LogP contribution is 2.15. The molecule has 0 saturated carbocycles. The standard InChI is InChI=1S/C5H6ClF2N3/c6-3-1-11(2-4(7)8)10-5(3)9/h1,4H,2H2,(H2,9,10). The Morgan fingerprint density at radius 2 is 2.36 bits per heavy atom. The molecule has 0 bridgehead atoms. The average Bonchev–Trinajstić information content (AvgIpc) is 2.10. The van der Waals surface area contributed by atoms with Crippen molar-refractivity contribution >= 4 is 17.4 Å². The van der Waals surface area contributed by atoms with Gasteiger partial charge in [-0.1, -0.05) is 11.6 Å². The van der Waals surface area contributed by atoms with Crippen LogP contribution < -0.4 is 5.73 Å². The molecule has 0 aromatic carbocycles. The van der Waals surface area contributed by atoms with Gasteiger partial charge in [0.05, 0.1) is 0 Å². The lowest BCUT2D eigenvalue weighted by atomic mass is 10.6. The maximum Gasteiger partial charge on any atom is 0.257 e. The largest absolute Gasteiger partial charge is 0.381 e. The molecule has 1 rings (SSSR count). The summed E-state index contributed by atoms with van der Waals surface area (Å²) in [6.07, 6.45) is -1.17. The molecule has 0 aliphatic carbocycles. The van der Waals surface area contributed by atoms with Gasteiger partial charge in [0.1, 0.15) is 11.6 Å². The Kier molecular flexibility index (Phi) is 2.28. The number of hydrogen-bond acceptors (Lipinski definition) is 2. The zero-order valence-corrected chi connectivity index (χ0v) is 6.22. The van der Waals surface area contributed by atoms with E-state index in [0.29, 0.717) is 0 Å². The molecule has 62 valence electrons. The number of nitrogens with two attached hydrogens (primary N) is 1. The molecular formula is C5H6ClF2N3. The van der Waals surface area contributed by atoms with E-state index in [2.05, 4.69) is 5.10 Å². The van der Waals surface area contributed by atoms with Crippen molar-refractivity contribution in [2.24, 2.45) is 0 Å². The molecule has 11 heavy (non-hydrogen) atoms. The highest BCUT2D eigenvalue weighted by atomic mass is 35.5. The zero-order valence-electron chi connectivity index (χ0n) is 5.47. The molecule has 0 saturated heterocycles. The summed E-state index contributed by atoms with van der Waals surface area (Å²) in [6.45, 7) is -0.475. The van der Waals surface area contributed by atoms with Crippen LogP contribution in [0, 0.1) is 0 Å². The van der Waals surface area contributed by atoms with Crippen LogP contribution in [0.25, 0.3) is 0 Å². The van der Waals surface area contributed by atoms with Crippen LogP contribution in [0.15, 0.2) is 6.20 Å². The SMILES string of the molecule is Nc1nn(CC(F)F)cc1Cl. The Labute approximate surface area is 66.7 Å². The average molecular weight is 182 g/mol. The first kappa shape index (κ1) is 8.26. The summed E-state index contributed by atoms with van der Waals surface area (Å²) in [5.74, 6) is 0.0762. The third kappa shape index (κ3) is 2.04. The van der Waals surface area contributed by atoms with Gasteiger partial charge in [0.15, 0.2) is 5.82 Å². The molecule has 1 aromatic heterocycles. The van der Waals surface area contributed by atoms with E-state index in [4.69, 9.17) is 17.3 Å². The third-order valence-electron chi connectivity index (χ3n) is 1.07. The monoisotopic (exact) mass is 181 g/mol. The highest BCUT2D eigenvalue weighted by Gasteiger charge is 2.07. The number of alkyl halides is 2. The van der Waals surface area contributed by atoms with E-state index in [1.165, 1.54) is 6.20 Å². The second-order valence-corrected chi connectivity index (χ2v) is 2.38. The van der Waals surface area contributed by atoms with Crippen LogP contribution in [0.3, 0.4) is 0 Å². The van der Waals surface area contributed by atoms with Gasteiger partial charge in [0, 0.05) is 6.20 Å². The van der Waals surface area contributed by atoms with Crippen LogP contribution in [0.4, 0.5) is 14.6 Å². The summed E-state index contributed by atoms with van der Waals surface area (Å²) in [7, 11) is 0. The summed E-state index contributed by atoms with van der Waals surface area (Å²) < 4.78 is 24.4. The fourth-order valence-corrected chi connectivity index (χ4v) is 0.797. The van der Waals surface area contributed by atoms with E-state index in [9.17, 15) is 8.78 Å². The van der Waals surface area contributed by atoms with Gasteiger partial charge in [-0.3, -0.25) is 4.68 Å². The van der Waals surface area contributed by atoms with Gasteiger partial charge in [0.25, 0.3) is 6.43 Å². The maximum atomic E-state index is 11.7. The molecule has 0 aliphatic rings. The summed E-state index contributed by atoms with van der Waals surface area (Å²) in [5, 5.41) is 3.73. The van der Waals surface area contributed by atoms with Crippen LogP contribution in [0.5, 0.6) is 0 Å². The smallest absolute Gasteiger partial charge is 0.257 e. The molecule has 0 fully saturated rings. The molecule has 1 heterocycles. The Hall–Kier alpha value is -0.840. The predicted molar refractivity (Wildman–Crippen MR) is 37.7 cm³/mol. The van der Waals surface area contributed by atoms with Crippen LogP contribution in [0.2, 0.25) is 5.02 Å². The van der Waals surface area contributed by atoms with E-state index < -0.39 is 13.0 Å². The Bertz CT molecular complexity index is 228. The van der Waals surface area contributed by atoms with Gasteiger partial charge in [-0.15, -0.1) is 0 Å². The van der Waals surface area contributed by atoms with Crippen molar-refractivity contribution in [2.45, 2.75) is 13.0 Å². The minimum atomic E-state index is -2.44. The van der Waals surface area contributed by atoms with Gasteiger partial charge in [-0.2, -0.15) is 5.10 Å². The zero-order chi connectivity index (χ0) is 8.43. The van der Waals surface area contributed by atoms with Crippen molar-refractivity contribution in [1.29, 1.82) is 0 Å². The van der Waals surface area contributed by atoms with Crippen molar-refractivity contribution in [3.8, 4) is 0 Å². The second kappa shape index (κ2) is 3.04. The molecule has 6 heteroatoms. The van der Waals surface area contributed by atoms with Gasteiger partial charge in [0.2, 0.25) is 0 Å². The molecule has 0 unspecified atom stereocenters. The van der Waals surface area contributed by atoms with Crippen molar-refractivity contribution in [3.63, 3.8) is 0 Å². The highest BCUT2D eigenvalue weighted by molar-refractivity contribution is 6.32. The molecule has 1 aromatic rings. The van der Waals surface area contributed by atoms with Gasteiger partial charge >= 0.3 is 0 Å². The van der Waals surface area contributed by atoms with Crippen molar-refractivity contribution in [1.82, 2.24) is 9.78 Å². The minimum Gasteiger partial charge on any atom is -0.381 e. The summed E-state index contributed by atoms with van der Waals surface area (Å²) in [4.78, 5) is 0. The van der Waals surface area contributed by atoms with E-state index in [0.717, 1.165) is 4.68 Å². The maximum absolute atomic E-state index is 11.7. The first-order chi connectivity index (χ1) is 5.09. The van der Waals surface area contributed by atoms with E-state index in [1.54, 1.807) is 0 Å². The lowest BCUT2D eigenvalue weighted by molar-refractivity contribution is 0.122. The lowest BCUT2D eigenvalue weighted by Gasteiger charge is -1.96. The van der Waals surface area contributed by atoms with E-state index >= 15 is 0 Å². The fourth-order valence-electron chi connectivity index (χ4n) is 0.647. The van der Waals surface area contributed by atoms with Gasteiger partial charge in [-0.05, 0) is 0 Å². The first-order valence-electron chi connectivity index (χ1n) is 2.86. The van der Waals surface area contributed by atoms with Crippen LogP contribution in [-0.4, -0.2) is 16.2 Å². The topological polar surface area (TPSA) is 43.8 Å². The van der Waals surface area contributed by atoms with Crippen molar-refractivity contribution < 1.29 is 8.78 Å².